The Hall–Kier alpha value is -4.31. The molecule has 0 aliphatic heterocycles. The number of amides is 2. The number of oxazole rings is 1. The minimum Gasteiger partial charge on any atom is -0.408 e. The minimum absolute atomic E-state index is 0.284. The lowest BCUT2D eigenvalue weighted by Crippen LogP contribution is -2.43. The van der Waals surface area contributed by atoms with Gasteiger partial charge in [-0.2, -0.15) is 0 Å². The maximum absolute atomic E-state index is 12.4. The number of fused-ring (bicyclic) bond motifs is 2. The van der Waals surface area contributed by atoms with Gasteiger partial charge in [0.05, 0.1) is 16.6 Å². The molecule has 3 aromatic carbocycles. The Balaban J connectivity index is 1.14. The molecule has 170 valence electrons. The summed E-state index contributed by atoms with van der Waals surface area (Å²) in [4.78, 5) is 44.4. The van der Waals surface area contributed by atoms with E-state index in [1.165, 1.54) is 4.57 Å². The smallest absolute Gasteiger partial charge is 0.408 e. The van der Waals surface area contributed by atoms with Crippen LogP contribution in [-0.2, 0) is 17.1 Å². The van der Waals surface area contributed by atoms with Crippen molar-refractivity contribution >= 4 is 45.7 Å². The van der Waals surface area contributed by atoms with Crippen LogP contribution in [0.4, 0.5) is 0 Å². The van der Waals surface area contributed by atoms with Crippen LogP contribution < -0.4 is 16.6 Å². The number of aromatic amines is 1. The van der Waals surface area contributed by atoms with Gasteiger partial charge in [-0.3, -0.25) is 25.0 Å². The number of carbonyl (C=O) groups excluding carboxylic acids is 2. The molecule has 2 amide bonds. The predicted molar refractivity (Wildman–Crippen MR) is 128 cm³/mol. The van der Waals surface area contributed by atoms with Gasteiger partial charge in [0.25, 0.3) is 11.8 Å². The van der Waals surface area contributed by atoms with E-state index in [-0.39, 0.29) is 6.54 Å². The number of rotatable bonds is 6. The van der Waals surface area contributed by atoms with E-state index in [1.54, 1.807) is 48.2 Å². The van der Waals surface area contributed by atoms with Gasteiger partial charge in [0, 0.05) is 11.3 Å². The van der Waals surface area contributed by atoms with Gasteiger partial charge in [-0.05, 0) is 42.0 Å². The molecule has 0 aliphatic rings. The third kappa shape index (κ3) is 4.57. The summed E-state index contributed by atoms with van der Waals surface area (Å²) < 4.78 is 6.30. The Labute approximate surface area is 197 Å². The van der Waals surface area contributed by atoms with Gasteiger partial charge in [-0.25, -0.2) is 9.78 Å². The highest BCUT2D eigenvalue weighted by Gasteiger charge is 2.13. The van der Waals surface area contributed by atoms with Crippen molar-refractivity contribution in [2.75, 3.05) is 0 Å². The monoisotopic (exact) mass is 473 g/mol. The van der Waals surface area contributed by atoms with Crippen molar-refractivity contribution in [1.82, 2.24) is 25.4 Å². The van der Waals surface area contributed by atoms with E-state index in [9.17, 15) is 14.4 Å². The number of benzene rings is 3. The molecular formula is C24H19N5O4S. The second-order valence-electron chi connectivity index (χ2n) is 7.47. The van der Waals surface area contributed by atoms with E-state index >= 15 is 0 Å². The molecule has 0 aliphatic carbocycles. The average molecular weight is 474 g/mol. The summed E-state index contributed by atoms with van der Waals surface area (Å²) in [6.07, 6.45) is 0. The number of carbonyl (C=O) groups is 2. The number of nitrogens with zero attached hydrogens (tertiary/aromatic N) is 2. The first-order valence-electron chi connectivity index (χ1n) is 10.4. The fourth-order valence-electron chi connectivity index (χ4n) is 3.45. The number of hydrogen-bond donors (Lipinski definition) is 3. The zero-order chi connectivity index (χ0) is 23.5. The Morgan fingerprint density at radius 1 is 0.971 bits per heavy atom. The highest BCUT2D eigenvalue weighted by atomic mass is 32.2. The highest BCUT2D eigenvalue weighted by molar-refractivity contribution is 7.98. The van der Waals surface area contributed by atoms with Crippen molar-refractivity contribution in [1.29, 1.82) is 0 Å². The van der Waals surface area contributed by atoms with Crippen LogP contribution in [0.2, 0.25) is 0 Å². The normalized spacial score (nSPS) is 11.1. The molecule has 0 radical (unpaired) electrons. The number of nitrogens with one attached hydrogen (secondary N) is 3. The number of aromatic nitrogens is 3. The van der Waals surface area contributed by atoms with Gasteiger partial charge >= 0.3 is 5.76 Å². The third-order valence-electron chi connectivity index (χ3n) is 5.15. The van der Waals surface area contributed by atoms with Gasteiger partial charge < -0.3 is 9.40 Å². The van der Waals surface area contributed by atoms with Crippen molar-refractivity contribution in [2.45, 2.75) is 17.5 Å². The summed E-state index contributed by atoms with van der Waals surface area (Å²) in [6.45, 7) is -0.284. The van der Waals surface area contributed by atoms with Crippen LogP contribution in [0.15, 0.2) is 87.2 Å². The van der Waals surface area contributed by atoms with Crippen LogP contribution in [0.5, 0.6) is 0 Å². The molecule has 5 rings (SSSR count). The number of H-pyrrole nitrogens is 1. The zero-order valence-electron chi connectivity index (χ0n) is 17.8. The van der Waals surface area contributed by atoms with Crippen LogP contribution in [0.3, 0.4) is 0 Å². The van der Waals surface area contributed by atoms with Crippen LogP contribution in [-0.4, -0.2) is 26.3 Å². The largest absolute Gasteiger partial charge is 0.420 e. The maximum atomic E-state index is 12.4. The molecule has 0 saturated heterocycles. The Kier molecular flexibility index (Phi) is 5.88. The van der Waals surface area contributed by atoms with Gasteiger partial charge in [0.15, 0.2) is 10.7 Å². The molecule has 2 heterocycles. The number of para-hydroxylation sites is 4. The van der Waals surface area contributed by atoms with Gasteiger partial charge in [0.1, 0.15) is 6.54 Å². The first-order chi connectivity index (χ1) is 16.6. The summed E-state index contributed by atoms with van der Waals surface area (Å²) in [6, 6.07) is 21.7. The topological polar surface area (TPSA) is 122 Å². The molecule has 0 saturated carbocycles. The lowest BCUT2D eigenvalue weighted by Gasteiger charge is -2.08. The maximum Gasteiger partial charge on any atom is 0.420 e. The number of hydrogen-bond acceptors (Lipinski definition) is 6. The second-order valence-corrected chi connectivity index (χ2v) is 8.43. The van der Waals surface area contributed by atoms with Crippen molar-refractivity contribution in [2.24, 2.45) is 0 Å². The molecule has 10 heteroatoms. The quantitative estimate of drug-likeness (QED) is 0.257. The molecule has 2 aromatic heterocycles. The van der Waals surface area contributed by atoms with Crippen LogP contribution in [0.25, 0.3) is 22.1 Å². The van der Waals surface area contributed by atoms with Gasteiger partial charge in [-0.15, -0.1) is 0 Å². The predicted octanol–water partition coefficient (Wildman–Crippen LogP) is 3.22. The summed E-state index contributed by atoms with van der Waals surface area (Å²) in [7, 11) is 0. The first kappa shape index (κ1) is 21.5. The minimum atomic E-state index is -0.640. The zero-order valence-corrected chi connectivity index (χ0v) is 18.6. The molecule has 34 heavy (non-hydrogen) atoms. The summed E-state index contributed by atoms with van der Waals surface area (Å²) >= 11 is 1.57. The van der Waals surface area contributed by atoms with Crippen molar-refractivity contribution in [3.63, 3.8) is 0 Å². The Morgan fingerprint density at radius 2 is 1.74 bits per heavy atom. The molecule has 0 unspecified atom stereocenters. The lowest BCUT2D eigenvalue weighted by atomic mass is 10.1. The number of hydrazine groups is 1. The summed E-state index contributed by atoms with van der Waals surface area (Å²) in [5, 5.41) is 0.829. The van der Waals surface area contributed by atoms with Gasteiger partial charge in [-0.1, -0.05) is 48.2 Å². The standard InChI is InChI=1S/C24H19N5O4S/c30-21(13-29-19-7-3-4-8-20(19)33-24(29)32)27-28-22(31)16-11-9-15(10-12-16)14-34-23-25-17-5-1-2-6-18(17)26-23/h1-12H,13-14H2,(H,25,26)(H,27,30)(H,28,31). The molecule has 0 bridgehead atoms. The average Bonchev–Trinajstić information content (AvgIpc) is 3.42. The van der Waals surface area contributed by atoms with Gasteiger partial charge in [0.2, 0.25) is 0 Å². The molecule has 0 atom stereocenters. The van der Waals surface area contributed by atoms with E-state index in [0.29, 0.717) is 22.4 Å². The number of thioether (sulfide) groups is 1. The molecule has 0 spiro atoms. The molecule has 0 fully saturated rings. The van der Waals surface area contributed by atoms with E-state index in [1.807, 2.05) is 36.4 Å². The SMILES string of the molecule is O=C(Cn1c(=O)oc2ccccc21)NNC(=O)c1ccc(CSc2nc3ccccc3[nH]2)cc1. The molecule has 3 N–H and O–H groups in total. The van der Waals surface area contributed by atoms with Crippen LogP contribution >= 0.6 is 11.8 Å². The van der Waals surface area contributed by atoms with E-state index in [0.717, 1.165) is 21.8 Å². The summed E-state index contributed by atoms with van der Waals surface area (Å²) in [5.74, 6) is -0.972. The lowest BCUT2D eigenvalue weighted by molar-refractivity contribution is -0.122. The van der Waals surface area contributed by atoms with Crippen LogP contribution in [0.1, 0.15) is 15.9 Å². The van der Waals surface area contributed by atoms with E-state index in [2.05, 4.69) is 20.8 Å². The molecular weight excluding hydrogens is 454 g/mol. The first-order valence-corrected chi connectivity index (χ1v) is 11.4. The fourth-order valence-corrected chi connectivity index (χ4v) is 4.29. The van der Waals surface area contributed by atoms with Crippen LogP contribution in [0, 0.1) is 0 Å². The van der Waals surface area contributed by atoms with Crippen molar-refractivity contribution in [3.8, 4) is 0 Å². The third-order valence-corrected chi connectivity index (χ3v) is 6.09. The fraction of sp³-hybridized carbons (Fsp3) is 0.0833. The Bertz CT molecular complexity index is 1520. The second kappa shape index (κ2) is 9.28. The van der Waals surface area contributed by atoms with E-state index in [4.69, 9.17) is 4.42 Å². The number of imidazole rings is 1. The highest BCUT2D eigenvalue weighted by Crippen LogP contribution is 2.23. The van der Waals surface area contributed by atoms with E-state index < -0.39 is 17.6 Å². The Morgan fingerprint density at radius 3 is 2.56 bits per heavy atom. The van der Waals surface area contributed by atoms with Crippen molar-refractivity contribution in [3.05, 3.63) is 94.5 Å². The van der Waals surface area contributed by atoms with Crippen molar-refractivity contribution < 1.29 is 14.0 Å². The summed E-state index contributed by atoms with van der Waals surface area (Å²) in [5.41, 5.74) is 8.92. The molecule has 5 aromatic rings. The molecule has 9 nitrogen and oxygen atoms in total.